The summed E-state index contributed by atoms with van der Waals surface area (Å²) >= 11 is 1.82. The van der Waals surface area contributed by atoms with E-state index in [-0.39, 0.29) is 27.6 Å². The largest absolute Gasteiger partial charge is 0.324 e. The molecule has 3 aromatic rings. The van der Waals surface area contributed by atoms with Gasteiger partial charge in [0.05, 0.1) is 16.4 Å². The maximum absolute atomic E-state index is 12.6. The molecule has 2 amide bonds. The molecule has 1 aromatic heterocycles. The number of hydrogen-bond donors (Lipinski definition) is 0. The molecule has 8 heteroatoms. The van der Waals surface area contributed by atoms with Crippen molar-refractivity contribution in [1.29, 1.82) is 0 Å². The number of benzene rings is 2. The summed E-state index contributed by atoms with van der Waals surface area (Å²) in [5.41, 5.74) is 0.865. The molecule has 0 aliphatic carbocycles. The van der Waals surface area contributed by atoms with Gasteiger partial charge < -0.3 is 0 Å². The molecule has 0 bridgehead atoms. The molecule has 0 atom stereocenters. The lowest BCUT2D eigenvalue weighted by atomic mass is 10.1. The van der Waals surface area contributed by atoms with Crippen LogP contribution in [0.5, 0.6) is 0 Å². The van der Waals surface area contributed by atoms with E-state index in [1.165, 1.54) is 17.0 Å². The summed E-state index contributed by atoms with van der Waals surface area (Å²) in [6.07, 6.45) is 1.53. The van der Waals surface area contributed by atoms with E-state index in [0.29, 0.717) is 4.88 Å². The molecule has 1 aliphatic heterocycles. The molecule has 1 saturated heterocycles. The van der Waals surface area contributed by atoms with E-state index in [0.717, 1.165) is 39.4 Å². The molecule has 6 nitrogen and oxygen atoms in total. The fourth-order valence-corrected chi connectivity index (χ4v) is 4.47. The maximum atomic E-state index is 12.6. The first kappa shape index (κ1) is 17.4. The van der Waals surface area contributed by atoms with Crippen molar-refractivity contribution in [3.8, 4) is 0 Å². The number of hydrogen-bond acceptors (Lipinski definition) is 6. The van der Waals surface area contributed by atoms with Crippen LogP contribution in [0.1, 0.15) is 10.4 Å². The van der Waals surface area contributed by atoms with Crippen molar-refractivity contribution in [3.05, 3.63) is 80.1 Å². The molecule has 0 radical (unpaired) electrons. The second-order valence-corrected chi connectivity index (χ2v) is 7.97. The Kier molecular flexibility index (Phi) is 4.51. The maximum Gasteiger partial charge on any atom is 0.324 e. The lowest BCUT2D eigenvalue weighted by Crippen LogP contribution is -2.27. The number of rotatable bonds is 4. The normalized spacial score (nSPS) is 15.9. The van der Waals surface area contributed by atoms with E-state index in [4.69, 9.17) is 0 Å². The number of thioether (sulfide) groups is 1. The molecule has 0 N–H and O–H groups in total. The minimum absolute atomic E-state index is 0.00311. The van der Waals surface area contributed by atoms with Crippen LogP contribution in [0.2, 0.25) is 0 Å². The zero-order valence-electron chi connectivity index (χ0n) is 13.8. The van der Waals surface area contributed by atoms with Gasteiger partial charge in [0.15, 0.2) is 0 Å². The van der Waals surface area contributed by atoms with Crippen molar-refractivity contribution >= 4 is 56.1 Å². The van der Waals surface area contributed by atoms with Crippen LogP contribution in [-0.2, 0) is 11.3 Å². The summed E-state index contributed by atoms with van der Waals surface area (Å²) in [7, 11) is 0. The zero-order chi connectivity index (χ0) is 19.0. The molecule has 1 fully saturated rings. The van der Waals surface area contributed by atoms with Gasteiger partial charge in [-0.05, 0) is 46.3 Å². The molecule has 0 spiro atoms. The van der Waals surface area contributed by atoms with Gasteiger partial charge in [0.1, 0.15) is 0 Å². The third-order valence-electron chi connectivity index (χ3n) is 4.09. The molecule has 27 heavy (non-hydrogen) atoms. The molecular formula is C19H12N2O4S2. The minimum atomic E-state index is -0.479. The summed E-state index contributed by atoms with van der Waals surface area (Å²) in [6.45, 7) is 0.192. The molecular weight excluding hydrogens is 384 g/mol. The van der Waals surface area contributed by atoms with E-state index in [9.17, 15) is 19.7 Å². The predicted octanol–water partition coefficient (Wildman–Crippen LogP) is 5.05. The lowest BCUT2D eigenvalue weighted by Gasteiger charge is -2.13. The Hall–Kier alpha value is -2.97. The molecule has 0 unspecified atom stereocenters. The van der Waals surface area contributed by atoms with Gasteiger partial charge >= 0.3 is 5.00 Å². The summed E-state index contributed by atoms with van der Waals surface area (Å²) < 4.78 is 0. The number of nitrogens with zero attached hydrogens (tertiary/aromatic N) is 2. The third kappa shape index (κ3) is 3.49. The fraction of sp³-hybridized carbons (Fsp3) is 0.0526. The highest BCUT2D eigenvalue weighted by Crippen LogP contribution is 2.35. The lowest BCUT2D eigenvalue weighted by molar-refractivity contribution is -0.380. The smallest absolute Gasteiger partial charge is 0.268 e. The zero-order valence-corrected chi connectivity index (χ0v) is 15.5. The van der Waals surface area contributed by atoms with E-state index in [2.05, 4.69) is 0 Å². The van der Waals surface area contributed by atoms with Crippen LogP contribution in [-0.4, -0.2) is 21.0 Å². The van der Waals surface area contributed by atoms with Crippen LogP contribution in [0.4, 0.5) is 9.80 Å². The van der Waals surface area contributed by atoms with Crippen LogP contribution < -0.4 is 0 Å². The highest BCUT2D eigenvalue weighted by Gasteiger charge is 2.35. The topological polar surface area (TPSA) is 80.5 Å². The first-order valence-electron chi connectivity index (χ1n) is 7.98. The second-order valence-electron chi connectivity index (χ2n) is 5.88. The Morgan fingerprint density at radius 3 is 2.56 bits per heavy atom. The number of nitro groups is 1. The predicted molar refractivity (Wildman–Crippen MR) is 106 cm³/mol. The van der Waals surface area contributed by atoms with Gasteiger partial charge in [-0.3, -0.25) is 24.6 Å². The van der Waals surface area contributed by atoms with Gasteiger partial charge in [0, 0.05) is 10.9 Å². The van der Waals surface area contributed by atoms with Crippen molar-refractivity contribution in [2.24, 2.45) is 0 Å². The Labute approximate surface area is 162 Å². The second kappa shape index (κ2) is 6.98. The fourth-order valence-electron chi connectivity index (χ4n) is 2.80. The van der Waals surface area contributed by atoms with E-state index >= 15 is 0 Å². The van der Waals surface area contributed by atoms with Gasteiger partial charge in [-0.25, -0.2) is 0 Å². The minimum Gasteiger partial charge on any atom is -0.268 e. The van der Waals surface area contributed by atoms with Crippen molar-refractivity contribution in [3.63, 3.8) is 0 Å². The van der Waals surface area contributed by atoms with Crippen LogP contribution in [0.3, 0.4) is 0 Å². The third-order valence-corrected chi connectivity index (χ3v) is 5.99. The van der Waals surface area contributed by atoms with E-state index < -0.39 is 4.92 Å². The van der Waals surface area contributed by atoms with Gasteiger partial charge in [0.2, 0.25) is 0 Å². The van der Waals surface area contributed by atoms with Crippen molar-refractivity contribution < 1.29 is 14.5 Å². The standard InChI is InChI=1S/C19H12N2O4S2/c22-18-16(10-15-7-8-17(26-15)21(24)25)27-19(23)20(18)11-12-5-6-13-3-1-2-4-14(13)9-12/h1-10H,11H2/b16-10-. The first-order valence-corrected chi connectivity index (χ1v) is 9.62. The number of amides is 2. The van der Waals surface area contributed by atoms with E-state index in [1.807, 2.05) is 42.5 Å². The van der Waals surface area contributed by atoms with Crippen LogP contribution in [0.15, 0.2) is 59.5 Å². The number of carbonyl (C=O) groups is 2. The first-order chi connectivity index (χ1) is 13.0. The van der Waals surface area contributed by atoms with Gasteiger partial charge in [-0.15, -0.1) is 0 Å². The van der Waals surface area contributed by atoms with Crippen molar-refractivity contribution in [2.75, 3.05) is 0 Å². The molecule has 0 saturated carbocycles. The number of fused-ring (bicyclic) bond motifs is 1. The average Bonchev–Trinajstić information content (AvgIpc) is 3.22. The summed E-state index contributed by atoms with van der Waals surface area (Å²) in [6, 6.07) is 16.7. The Balaban J connectivity index is 1.56. The van der Waals surface area contributed by atoms with Crippen molar-refractivity contribution in [2.45, 2.75) is 6.54 Å². The van der Waals surface area contributed by atoms with Crippen LogP contribution in [0, 0.1) is 10.1 Å². The van der Waals surface area contributed by atoms with Gasteiger partial charge in [-0.2, -0.15) is 0 Å². The number of imide groups is 1. The Bertz CT molecular complexity index is 1120. The van der Waals surface area contributed by atoms with Crippen LogP contribution in [0.25, 0.3) is 16.8 Å². The molecule has 134 valence electrons. The van der Waals surface area contributed by atoms with Gasteiger partial charge in [0.25, 0.3) is 11.1 Å². The average molecular weight is 396 g/mol. The Morgan fingerprint density at radius 2 is 1.81 bits per heavy atom. The monoisotopic (exact) mass is 396 g/mol. The highest BCUT2D eigenvalue weighted by molar-refractivity contribution is 8.18. The molecule has 2 heterocycles. The molecule has 1 aliphatic rings. The highest BCUT2D eigenvalue weighted by atomic mass is 32.2. The number of carbonyl (C=O) groups excluding carboxylic acids is 2. The molecule has 2 aromatic carbocycles. The van der Waals surface area contributed by atoms with Gasteiger partial charge in [-0.1, -0.05) is 47.7 Å². The van der Waals surface area contributed by atoms with Crippen molar-refractivity contribution in [1.82, 2.24) is 4.90 Å². The summed E-state index contributed by atoms with van der Waals surface area (Å²) in [5, 5.41) is 12.6. The SMILES string of the molecule is O=C1S/C(=C\c2ccc([N+](=O)[O-])s2)C(=O)N1Cc1ccc2ccccc2c1. The quantitative estimate of drug-likeness (QED) is 0.350. The summed E-state index contributed by atoms with van der Waals surface area (Å²) in [5.74, 6) is -0.380. The Morgan fingerprint density at radius 1 is 1.04 bits per heavy atom. The molecule has 4 rings (SSSR count). The van der Waals surface area contributed by atoms with E-state index in [1.54, 1.807) is 6.07 Å². The van der Waals surface area contributed by atoms with Crippen LogP contribution >= 0.6 is 23.1 Å². The number of thiophene rings is 1. The summed E-state index contributed by atoms with van der Waals surface area (Å²) in [4.78, 5) is 37.2.